The number of nitrogens with one attached hydrogen (secondary N) is 1. The maximum atomic E-state index is 13.8. The smallest absolute Gasteiger partial charge is 0.322 e. The van der Waals surface area contributed by atoms with E-state index in [1.165, 1.54) is 16.9 Å². The molecule has 4 rings (SSSR count). The third-order valence-electron chi connectivity index (χ3n) is 6.91. The van der Waals surface area contributed by atoms with Crippen LogP contribution in [0.3, 0.4) is 0 Å². The van der Waals surface area contributed by atoms with Crippen molar-refractivity contribution in [1.29, 1.82) is 0 Å². The molecule has 1 aliphatic carbocycles. The Kier molecular flexibility index (Phi) is 9.17. The van der Waals surface area contributed by atoms with Gasteiger partial charge in [-0.1, -0.05) is 68.7 Å². The molecular formula is C30H37N3O2S. The zero-order chi connectivity index (χ0) is 25.3. The van der Waals surface area contributed by atoms with Crippen LogP contribution in [-0.2, 0) is 24.3 Å². The van der Waals surface area contributed by atoms with Crippen LogP contribution >= 0.6 is 11.3 Å². The Morgan fingerprint density at radius 2 is 1.61 bits per heavy atom. The molecule has 3 amide bonds. The van der Waals surface area contributed by atoms with Crippen molar-refractivity contribution >= 4 is 29.0 Å². The lowest BCUT2D eigenvalue weighted by Crippen LogP contribution is -2.49. The third-order valence-corrected chi connectivity index (χ3v) is 7.89. The minimum absolute atomic E-state index is 0.0213. The first-order valence-electron chi connectivity index (χ1n) is 13.1. The lowest BCUT2D eigenvalue weighted by atomic mass is 9.94. The first-order valence-corrected chi connectivity index (χ1v) is 13.9. The minimum Gasteiger partial charge on any atom is -0.332 e. The second kappa shape index (κ2) is 12.7. The van der Waals surface area contributed by atoms with Crippen molar-refractivity contribution in [3.63, 3.8) is 0 Å². The SMILES string of the molecule is CCc1ccc(NC(=O)N(CC(=O)N(Cc2ccccc2)Cc2ccc(C)s2)C2CCCCC2)cc1. The summed E-state index contributed by atoms with van der Waals surface area (Å²) in [6.07, 6.45) is 6.22. The van der Waals surface area contributed by atoms with Crippen LogP contribution in [0.1, 0.15) is 59.9 Å². The predicted octanol–water partition coefficient (Wildman–Crippen LogP) is 7.01. The number of urea groups is 1. The molecule has 0 unspecified atom stereocenters. The molecule has 1 aromatic heterocycles. The number of hydrogen-bond acceptors (Lipinski definition) is 3. The molecule has 1 fully saturated rings. The number of amides is 3. The summed E-state index contributed by atoms with van der Waals surface area (Å²) in [5.74, 6) is -0.0213. The summed E-state index contributed by atoms with van der Waals surface area (Å²) < 4.78 is 0. The van der Waals surface area contributed by atoms with Gasteiger partial charge in [-0.05, 0) is 61.6 Å². The molecular weight excluding hydrogens is 466 g/mol. The highest BCUT2D eigenvalue weighted by Crippen LogP contribution is 2.25. The topological polar surface area (TPSA) is 52.7 Å². The number of aryl methyl sites for hydroxylation is 2. The first kappa shape index (κ1) is 26.0. The fourth-order valence-electron chi connectivity index (χ4n) is 4.82. The van der Waals surface area contributed by atoms with Crippen LogP contribution in [0.15, 0.2) is 66.7 Å². The lowest BCUT2D eigenvalue weighted by Gasteiger charge is -2.35. The number of benzene rings is 2. The van der Waals surface area contributed by atoms with E-state index in [1.54, 1.807) is 16.2 Å². The van der Waals surface area contributed by atoms with Gasteiger partial charge in [-0.15, -0.1) is 11.3 Å². The van der Waals surface area contributed by atoms with Gasteiger partial charge in [0.15, 0.2) is 0 Å². The lowest BCUT2D eigenvalue weighted by molar-refractivity contribution is -0.133. The van der Waals surface area contributed by atoms with Crippen LogP contribution < -0.4 is 5.32 Å². The number of nitrogens with zero attached hydrogens (tertiary/aromatic N) is 2. The highest BCUT2D eigenvalue weighted by Gasteiger charge is 2.29. The van der Waals surface area contributed by atoms with Crippen LogP contribution in [0.25, 0.3) is 0 Å². The predicted molar refractivity (Wildman–Crippen MR) is 148 cm³/mol. The standard InChI is InChI=1S/C30H37N3O2S/c1-3-24-15-17-26(18-16-24)31-30(35)33(27-12-8-5-9-13-27)22-29(34)32(20-25-10-6-4-7-11-25)21-28-19-14-23(2)36-28/h4,6-7,10-11,14-19,27H,3,5,8-9,12-13,20-22H2,1-2H3,(H,31,35). The highest BCUT2D eigenvalue weighted by atomic mass is 32.1. The molecule has 0 radical (unpaired) electrons. The summed E-state index contributed by atoms with van der Waals surface area (Å²) >= 11 is 1.72. The molecule has 36 heavy (non-hydrogen) atoms. The van der Waals surface area contributed by atoms with Gasteiger partial charge in [-0.25, -0.2) is 4.79 Å². The average Bonchev–Trinajstić information content (AvgIpc) is 3.32. The molecule has 1 heterocycles. The summed E-state index contributed by atoms with van der Waals surface area (Å²) in [5.41, 5.74) is 3.08. The van der Waals surface area contributed by atoms with Crippen LogP contribution in [0.4, 0.5) is 10.5 Å². The van der Waals surface area contributed by atoms with E-state index in [1.807, 2.05) is 59.5 Å². The number of carbonyl (C=O) groups is 2. The van der Waals surface area contributed by atoms with Gasteiger partial charge in [-0.3, -0.25) is 4.79 Å². The van der Waals surface area contributed by atoms with Crippen LogP contribution in [0, 0.1) is 6.92 Å². The normalized spacial score (nSPS) is 13.8. The van der Waals surface area contributed by atoms with Crippen molar-refractivity contribution in [3.05, 3.63) is 87.6 Å². The van der Waals surface area contributed by atoms with Gasteiger partial charge in [-0.2, -0.15) is 0 Å². The molecule has 0 saturated heterocycles. The van der Waals surface area contributed by atoms with E-state index in [2.05, 4.69) is 31.3 Å². The molecule has 5 nitrogen and oxygen atoms in total. The Labute approximate surface area is 219 Å². The van der Waals surface area contributed by atoms with E-state index in [9.17, 15) is 9.59 Å². The average molecular weight is 504 g/mol. The Balaban J connectivity index is 1.52. The van der Waals surface area contributed by atoms with Crippen LogP contribution in [0.2, 0.25) is 0 Å². The summed E-state index contributed by atoms with van der Waals surface area (Å²) in [5, 5.41) is 3.06. The zero-order valence-electron chi connectivity index (χ0n) is 21.4. The molecule has 1 aliphatic rings. The van der Waals surface area contributed by atoms with Gasteiger partial charge >= 0.3 is 6.03 Å². The Bertz CT molecular complexity index is 1120. The van der Waals surface area contributed by atoms with E-state index in [4.69, 9.17) is 0 Å². The second-order valence-corrected chi connectivity index (χ2v) is 11.0. The first-order chi connectivity index (χ1) is 17.5. The summed E-state index contributed by atoms with van der Waals surface area (Å²) in [4.78, 5) is 33.3. The highest BCUT2D eigenvalue weighted by molar-refractivity contribution is 7.11. The molecule has 0 atom stereocenters. The van der Waals surface area contributed by atoms with Gasteiger partial charge in [0.2, 0.25) is 5.91 Å². The van der Waals surface area contributed by atoms with Gasteiger partial charge in [0.25, 0.3) is 0 Å². The molecule has 190 valence electrons. The maximum Gasteiger partial charge on any atom is 0.322 e. The third kappa shape index (κ3) is 7.20. The van der Waals surface area contributed by atoms with Gasteiger partial charge in [0.1, 0.15) is 6.54 Å². The van der Waals surface area contributed by atoms with Gasteiger partial charge in [0.05, 0.1) is 6.54 Å². The van der Waals surface area contributed by atoms with Crippen molar-refractivity contribution in [2.24, 2.45) is 0 Å². The Hall–Kier alpha value is -3.12. The van der Waals surface area contributed by atoms with E-state index in [0.29, 0.717) is 13.1 Å². The largest absolute Gasteiger partial charge is 0.332 e. The van der Waals surface area contributed by atoms with E-state index >= 15 is 0 Å². The van der Waals surface area contributed by atoms with Gasteiger partial charge in [0, 0.05) is 28.0 Å². The number of thiophene rings is 1. The number of anilines is 1. The van der Waals surface area contributed by atoms with Crippen LogP contribution in [0.5, 0.6) is 0 Å². The fraction of sp³-hybridized carbons (Fsp3) is 0.400. The van der Waals surface area contributed by atoms with E-state index in [-0.39, 0.29) is 24.5 Å². The van der Waals surface area contributed by atoms with Crippen molar-refractivity contribution in [2.45, 2.75) is 71.5 Å². The van der Waals surface area contributed by atoms with Crippen molar-refractivity contribution in [2.75, 3.05) is 11.9 Å². The van der Waals surface area contributed by atoms with Gasteiger partial charge < -0.3 is 15.1 Å². The Morgan fingerprint density at radius 3 is 2.25 bits per heavy atom. The molecule has 3 aromatic rings. The van der Waals surface area contributed by atoms with E-state index in [0.717, 1.165) is 48.2 Å². The summed E-state index contributed by atoms with van der Waals surface area (Å²) in [6, 6.07) is 22.1. The van der Waals surface area contributed by atoms with Crippen molar-refractivity contribution in [3.8, 4) is 0 Å². The van der Waals surface area contributed by atoms with Crippen LogP contribution in [-0.4, -0.2) is 34.3 Å². The molecule has 6 heteroatoms. The number of hydrogen-bond donors (Lipinski definition) is 1. The maximum absolute atomic E-state index is 13.8. The second-order valence-electron chi connectivity index (χ2n) is 9.65. The number of carbonyl (C=O) groups excluding carboxylic acids is 2. The van der Waals surface area contributed by atoms with Crippen molar-refractivity contribution < 1.29 is 9.59 Å². The molecule has 2 aromatic carbocycles. The quantitative estimate of drug-likeness (QED) is 0.341. The summed E-state index contributed by atoms with van der Waals surface area (Å²) in [6.45, 7) is 5.35. The minimum atomic E-state index is -0.189. The molecule has 0 bridgehead atoms. The fourth-order valence-corrected chi connectivity index (χ4v) is 5.72. The van der Waals surface area contributed by atoms with E-state index < -0.39 is 0 Å². The number of rotatable bonds is 9. The zero-order valence-corrected chi connectivity index (χ0v) is 22.2. The van der Waals surface area contributed by atoms with Crippen molar-refractivity contribution in [1.82, 2.24) is 9.80 Å². The molecule has 0 aliphatic heterocycles. The molecule has 0 spiro atoms. The monoisotopic (exact) mass is 503 g/mol. The Morgan fingerprint density at radius 1 is 0.889 bits per heavy atom. The molecule has 1 N–H and O–H groups in total. The summed E-state index contributed by atoms with van der Waals surface area (Å²) in [7, 11) is 0. The molecule has 1 saturated carbocycles.